The van der Waals surface area contributed by atoms with Crippen LogP contribution in [-0.4, -0.2) is 44.8 Å². The summed E-state index contributed by atoms with van der Waals surface area (Å²) in [6.07, 6.45) is 5.84. The molecule has 0 spiro atoms. The minimum absolute atomic E-state index is 0.0674. The van der Waals surface area contributed by atoms with E-state index in [1.165, 1.54) is 0 Å². The average molecular weight is 286 g/mol. The number of rotatable bonds is 3. The van der Waals surface area contributed by atoms with Gasteiger partial charge in [-0.05, 0) is 37.8 Å². The van der Waals surface area contributed by atoms with E-state index in [2.05, 4.69) is 25.5 Å². The highest BCUT2D eigenvalue weighted by Gasteiger charge is 2.30. The average Bonchev–Trinajstić information content (AvgIpc) is 3.20. The number of anilines is 1. The Morgan fingerprint density at radius 3 is 3.05 bits per heavy atom. The van der Waals surface area contributed by atoms with Gasteiger partial charge in [0.25, 0.3) is 0 Å². The second-order valence-corrected chi connectivity index (χ2v) is 5.89. The summed E-state index contributed by atoms with van der Waals surface area (Å²) in [5.41, 5.74) is 0.735. The van der Waals surface area contributed by atoms with Crippen molar-refractivity contribution >= 4 is 17.4 Å². The number of amides is 1. The van der Waals surface area contributed by atoms with Gasteiger partial charge in [-0.2, -0.15) is 4.52 Å². The van der Waals surface area contributed by atoms with E-state index in [0.29, 0.717) is 6.04 Å². The molecule has 0 aromatic carbocycles. The summed E-state index contributed by atoms with van der Waals surface area (Å²) in [7, 11) is 0. The van der Waals surface area contributed by atoms with Gasteiger partial charge in [0, 0.05) is 19.1 Å². The maximum absolute atomic E-state index is 12.2. The van der Waals surface area contributed by atoms with Crippen molar-refractivity contribution in [3.05, 3.63) is 18.5 Å². The summed E-state index contributed by atoms with van der Waals surface area (Å²) in [4.78, 5) is 14.4. The van der Waals surface area contributed by atoms with E-state index >= 15 is 0 Å². The zero-order valence-corrected chi connectivity index (χ0v) is 11.8. The SMILES string of the molecule is O=C(NC1CC1)C1CCCN(c2ccc3nncn3n2)C1. The van der Waals surface area contributed by atoms with Crippen LogP contribution in [0.15, 0.2) is 18.5 Å². The van der Waals surface area contributed by atoms with Crippen LogP contribution >= 0.6 is 0 Å². The molecule has 1 saturated heterocycles. The number of carbonyl (C=O) groups excluding carboxylic acids is 1. The third kappa shape index (κ3) is 2.55. The van der Waals surface area contributed by atoms with Gasteiger partial charge in [-0.3, -0.25) is 4.79 Å². The highest BCUT2D eigenvalue weighted by Crippen LogP contribution is 2.24. The van der Waals surface area contributed by atoms with Gasteiger partial charge in [0.2, 0.25) is 5.91 Å². The molecule has 1 unspecified atom stereocenters. The van der Waals surface area contributed by atoms with Crippen LogP contribution in [0, 0.1) is 5.92 Å². The summed E-state index contributed by atoms with van der Waals surface area (Å²) in [6.45, 7) is 1.67. The molecule has 3 heterocycles. The zero-order chi connectivity index (χ0) is 14.2. The lowest BCUT2D eigenvalue weighted by molar-refractivity contribution is -0.125. The molecule has 2 aliphatic rings. The maximum Gasteiger partial charge on any atom is 0.225 e. The molecule has 1 aliphatic heterocycles. The third-order valence-corrected chi connectivity index (χ3v) is 4.19. The number of aromatic nitrogens is 4. The first-order valence-electron chi connectivity index (χ1n) is 7.52. The molecule has 110 valence electrons. The minimum atomic E-state index is 0.0674. The first-order valence-corrected chi connectivity index (χ1v) is 7.52. The molecule has 2 aromatic rings. The fourth-order valence-electron chi connectivity index (χ4n) is 2.83. The number of carbonyl (C=O) groups is 1. The Kier molecular flexibility index (Phi) is 2.98. The summed E-state index contributed by atoms with van der Waals surface area (Å²) in [5.74, 6) is 1.15. The van der Waals surface area contributed by atoms with E-state index in [1.54, 1.807) is 10.8 Å². The monoisotopic (exact) mass is 286 g/mol. The van der Waals surface area contributed by atoms with Gasteiger partial charge in [0.15, 0.2) is 5.65 Å². The number of hydrogen-bond donors (Lipinski definition) is 1. The number of hydrogen-bond acceptors (Lipinski definition) is 5. The number of nitrogens with zero attached hydrogens (tertiary/aromatic N) is 5. The highest BCUT2D eigenvalue weighted by molar-refractivity contribution is 5.80. The molecule has 2 aromatic heterocycles. The predicted octanol–water partition coefficient (Wildman–Crippen LogP) is 0.619. The number of piperidine rings is 1. The molecule has 2 fully saturated rings. The molecule has 7 nitrogen and oxygen atoms in total. The van der Waals surface area contributed by atoms with Crippen LogP contribution in [0.5, 0.6) is 0 Å². The van der Waals surface area contributed by atoms with Gasteiger partial charge < -0.3 is 10.2 Å². The minimum Gasteiger partial charge on any atom is -0.354 e. The Labute approximate surface area is 122 Å². The van der Waals surface area contributed by atoms with Crippen LogP contribution in [0.3, 0.4) is 0 Å². The first kappa shape index (κ1) is 12.6. The Morgan fingerprint density at radius 1 is 1.29 bits per heavy atom. The molecule has 1 atom stereocenters. The van der Waals surface area contributed by atoms with E-state index in [4.69, 9.17) is 0 Å². The Hall–Kier alpha value is -2.18. The summed E-state index contributed by atoms with van der Waals surface area (Å²) in [5, 5.41) is 15.4. The van der Waals surface area contributed by atoms with Gasteiger partial charge in [0.05, 0.1) is 5.92 Å². The smallest absolute Gasteiger partial charge is 0.225 e. The molecule has 1 amide bonds. The zero-order valence-electron chi connectivity index (χ0n) is 11.8. The second-order valence-electron chi connectivity index (χ2n) is 5.89. The Morgan fingerprint density at radius 2 is 2.19 bits per heavy atom. The van der Waals surface area contributed by atoms with Crippen LogP contribution < -0.4 is 10.2 Å². The van der Waals surface area contributed by atoms with E-state index in [-0.39, 0.29) is 11.8 Å². The Bertz CT molecular complexity index is 664. The lowest BCUT2D eigenvalue weighted by Gasteiger charge is -2.32. The number of nitrogens with one attached hydrogen (secondary N) is 1. The lowest BCUT2D eigenvalue weighted by Crippen LogP contribution is -2.44. The van der Waals surface area contributed by atoms with Gasteiger partial charge in [-0.15, -0.1) is 15.3 Å². The molecular weight excluding hydrogens is 268 g/mol. The molecule has 4 rings (SSSR count). The van der Waals surface area contributed by atoms with Crippen molar-refractivity contribution in [3.8, 4) is 0 Å². The van der Waals surface area contributed by atoms with E-state index in [9.17, 15) is 4.79 Å². The Balaban J connectivity index is 1.49. The summed E-state index contributed by atoms with van der Waals surface area (Å²) in [6, 6.07) is 4.29. The lowest BCUT2D eigenvalue weighted by atomic mass is 9.97. The summed E-state index contributed by atoms with van der Waals surface area (Å²) < 4.78 is 1.67. The van der Waals surface area contributed by atoms with Gasteiger partial charge in [-0.1, -0.05) is 0 Å². The molecular formula is C14H18N6O. The molecule has 1 N–H and O–H groups in total. The van der Waals surface area contributed by atoms with Crippen molar-refractivity contribution in [2.75, 3.05) is 18.0 Å². The first-order chi connectivity index (χ1) is 10.3. The van der Waals surface area contributed by atoms with Crippen molar-refractivity contribution in [2.24, 2.45) is 5.92 Å². The van der Waals surface area contributed by atoms with Crippen molar-refractivity contribution in [1.82, 2.24) is 25.1 Å². The van der Waals surface area contributed by atoms with Gasteiger partial charge in [-0.25, -0.2) is 0 Å². The van der Waals surface area contributed by atoms with Crippen LogP contribution in [-0.2, 0) is 4.79 Å². The normalized spacial score (nSPS) is 22.5. The molecule has 1 saturated carbocycles. The van der Waals surface area contributed by atoms with Crippen molar-refractivity contribution in [1.29, 1.82) is 0 Å². The molecule has 0 bridgehead atoms. The van der Waals surface area contributed by atoms with Crippen LogP contribution in [0.4, 0.5) is 5.82 Å². The molecule has 0 radical (unpaired) electrons. The molecule has 7 heteroatoms. The maximum atomic E-state index is 12.2. The van der Waals surface area contributed by atoms with Crippen molar-refractivity contribution in [3.63, 3.8) is 0 Å². The van der Waals surface area contributed by atoms with Crippen LogP contribution in [0.2, 0.25) is 0 Å². The van der Waals surface area contributed by atoms with E-state index in [1.807, 2.05) is 12.1 Å². The quantitative estimate of drug-likeness (QED) is 0.895. The fourth-order valence-corrected chi connectivity index (χ4v) is 2.83. The third-order valence-electron chi connectivity index (χ3n) is 4.19. The second kappa shape index (κ2) is 4.98. The van der Waals surface area contributed by atoms with Crippen molar-refractivity contribution < 1.29 is 4.79 Å². The topological polar surface area (TPSA) is 75.4 Å². The molecule has 1 aliphatic carbocycles. The van der Waals surface area contributed by atoms with E-state index in [0.717, 1.165) is 50.2 Å². The number of fused-ring (bicyclic) bond motifs is 1. The standard InChI is InChI=1S/C14H18N6O/c21-14(16-11-3-4-11)10-2-1-7-19(8-10)13-6-5-12-17-15-9-20(12)18-13/h5-6,9-11H,1-4,7-8H2,(H,16,21). The van der Waals surface area contributed by atoms with Gasteiger partial charge >= 0.3 is 0 Å². The van der Waals surface area contributed by atoms with Gasteiger partial charge in [0.1, 0.15) is 12.1 Å². The van der Waals surface area contributed by atoms with Crippen LogP contribution in [0.25, 0.3) is 5.65 Å². The molecule has 21 heavy (non-hydrogen) atoms. The highest BCUT2D eigenvalue weighted by atomic mass is 16.2. The van der Waals surface area contributed by atoms with Crippen molar-refractivity contribution in [2.45, 2.75) is 31.7 Å². The summed E-state index contributed by atoms with van der Waals surface area (Å²) >= 11 is 0. The largest absolute Gasteiger partial charge is 0.354 e. The predicted molar refractivity (Wildman–Crippen MR) is 76.9 cm³/mol. The van der Waals surface area contributed by atoms with E-state index < -0.39 is 0 Å². The fraction of sp³-hybridized carbons (Fsp3) is 0.571. The van der Waals surface area contributed by atoms with Crippen LogP contribution in [0.1, 0.15) is 25.7 Å².